The predicted molar refractivity (Wildman–Crippen MR) is 264 cm³/mol. The molecule has 0 aromatic rings. The summed E-state index contributed by atoms with van der Waals surface area (Å²) in [5, 5.41) is 23.7. The lowest BCUT2D eigenvalue weighted by atomic mass is 10.0. The molecule has 61 heavy (non-hydrogen) atoms. The second-order valence-electron chi connectivity index (χ2n) is 18.3. The van der Waals surface area contributed by atoms with E-state index in [0.717, 1.165) is 70.6 Å². The van der Waals surface area contributed by atoms with Gasteiger partial charge in [0.1, 0.15) is 6.10 Å². The molecule has 3 atom stereocenters. The largest absolute Gasteiger partial charge is 0.462 e. The van der Waals surface area contributed by atoms with E-state index in [0.29, 0.717) is 19.3 Å². The van der Waals surface area contributed by atoms with Gasteiger partial charge in [0.05, 0.1) is 25.2 Å². The van der Waals surface area contributed by atoms with E-state index in [2.05, 4.69) is 62.5 Å². The third-order valence-corrected chi connectivity index (χ3v) is 12.3. The number of aliphatic hydroxyl groups excluding tert-OH is 2. The molecule has 3 N–H and O–H groups in total. The summed E-state index contributed by atoms with van der Waals surface area (Å²) in [4.78, 5) is 26.0. The number of aliphatic hydroxyl groups is 2. The Morgan fingerprint density at radius 1 is 0.475 bits per heavy atom. The summed E-state index contributed by atoms with van der Waals surface area (Å²) in [7, 11) is 0. The average molecular weight is 858 g/mol. The van der Waals surface area contributed by atoms with E-state index in [1.54, 1.807) is 0 Å². The Morgan fingerprint density at radius 3 is 1.25 bits per heavy atom. The normalized spacial score (nSPS) is 13.5. The predicted octanol–water partition coefficient (Wildman–Crippen LogP) is 16.1. The molecular weight excluding hydrogens is 755 g/mol. The van der Waals surface area contributed by atoms with Crippen molar-refractivity contribution in [3.05, 3.63) is 36.5 Å². The van der Waals surface area contributed by atoms with Gasteiger partial charge in [0, 0.05) is 6.42 Å². The Bertz CT molecular complexity index is 1010. The molecule has 6 heteroatoms. The zero-order chi connectivity index (χ0) is 44.5. The van der Waals surface area contributed by atoms with Crippen molar-refractivity contribution in [1.82, 2.24) is 5.32 Å². The van der Waals surface area contributed by atoms with Crippen LogP contribution in [0.5, 0.6) is 0 Å². The minimum Gasteiger partial charge on any atom is -0.462 e. The van der Waals surface area contributed by atoms with Gasteiger partial charge in [-0.1, -0.05) is 250 Å². The fourth-order valence-electron chi connectivity index (χ4n) is 8.20. The minimum atomic E-state index is -0.788. The number of hydrogen-bond donors (Lipinski definition) is 3. The molecule has 0 fully saturated rings. The molecule has 0 aromatic carbocycles. The van der Waals surface area contributed by atoms with Crippen LogP contribution in [0.2, 0.25) is 0 Å². The van der Waals surface area contributed by atoms with Crippen molar-refractivity contribution in [2.45, 2.75) is 296 Å². The summed E-state index contributed by atoms with van der Waals surface area (Å²) in [5.41, 5.74) is 0. The van der Waals surface area contributed by atoms with Crippen LogP contribution in [0.4, 0.5) is 0 Å². The number of unbranched alkanes of at least 4 members (excludes halogenated alkanes) is 32. The van der Waals surface area contributed by atoms with Crippen LogP contribution in [0.25, 0.3) is 0 Å². The van der Waals surface area contributed by atoms with Crippen LogP contribution in [0.3, 0.4) is 0 Å². The lowest BCUT2D eigenvalue weighted by molar-refractivity contribution is -0.151. The Kier molecular flexibility index (Phi) is 47.6. The van der Waals surface area contributed by atoms with Gasteiger partial charge < -0.3 is 20.3 Å². The molecular formula is C55H103NO5. The molecule has 0 spiro atoms. The van der Waals surface area contributed by atoms with Crippen LogP contribution in [-0.4, -0.2) is 46.9 Å². The first-order valence-electron chi connectivity index (χ1n) is 26.7. The van der Waals surface area contributed by atoms with Crippen molar-refractivity contribution in [3.8, 4) is 0 Å². The summed E-state index contributed by atoms with van der Waals surface area (Å²) in [6.07, 6.45) is 57.9. The zero-order valence-electron chi connectivity index (χ0n) is 40.8. The fourth-order valence-corrected chi connectivity index (χ4v) is 8.20. The Hall–Kier alpha value is -1.92. The van der Waals surface area contributed by atoms with E-state index in [1.807, 2.05) is 0 Å². The lowest BCUT2D eigenvalue weighted by Crippen LogP contribution is -2.46. The SMILES string of the molecule is CCCCCCC/C=C/C=C/C=C/CCCCCCCC(=O)OC(CCCCCCCCC)CC(=O)NC(CO)C(O)CCCCCCCCCCCCCCCCCCC. The minimum absolute atomic E-state index is 0.0715. The second-order valence-corrected chi connectivity index (χ2v) is 18.3. The molecule has 0 aliphatic rings. The third-order valence-electron chi connectivity index (χ3n) is 12.3. The highest BCUT2D eigenvalue weighted by Crippen LogP contribution is 2.18. The first-order chi connectivity index (χ1) is 30.0. The maximum Gasteiger partial charge on any atom is 0.306 e. The average Bonchev–Trinajstić information content (AvgIpc) is 3.25. The summed E-state index contributed by atoms with van der Waals surface area (Å²) < 4.78 is 5.90. The molecule has 0 bridgehead atoms. The maximum absolute atomic E-state index is 13.1. The van der Waals surface area contributed by atoms with Crippen LogP contribution in [0.1, 0.15) is 278 Å². The molecule has 0 heterocycles. The van der Waals surface area contributed by atoms with E-state index >= 15 is 0 Å². The summed E-state index contributed by atoms with van der Waals surface area (Å²) in [6, 6.07) is -0.702. The number of esters is 1. The van der Waals surface area contributed by atoms with Crippen LogP contribution in [-0.2, 0) is 14.3 Å². The number of allylic oxidation sites excluding steroid dienone is 6. The molecule has 0 radical (unpaired) electrons. The van der Waals surface area contributed by atoms with Crippen LogP contribution >= 0.6 is 0 Å². The molecule has 0 rings (SSSR count). The van der Waals surface area contributed by atoms with E-state index < -0.39 is 18.2 Å². The highest BCUT2D eigenvalue weighted by atomic mass is 16.5. The number of nitrogens with one attached hydrogen (secondary N) is 1. The van der Waals surface area contributed by atoms with E-state index in [-0.39, 0.29) is 24.9 Å². The number of hydrogen-bond acceptors (Lipinski definition) is 5. The molecule has 6 nitrogen and oxygen atoms in total. The highest BCUT2D eigenvalue weighted by Gasteiger charge is 2.24. The van der Waals surface area contributed by atoms with Gasteiger partial charge in [-0.25, -0.2) is 0 Å². The number of carbonyl (C=O) groups excluding carboxylic acids is 2. The van der Waals surface area contributed by atoms with E-state index in [9.17, 15) is 19.8 Å². The molecule has 0 saturated carbocycles. The number of ether oxygens (including phenoxy) is 1. The number of carbonyl (C=O) groups is 2. The first kappa shape index (κ1) is 59.1. The van der Waals surface area contributed by atoms with Gasteiger partial charge in [-0.2, -0.15) is 0 Å². The van der Waals surface area contributed by atoms with Gasteiger partial charge in [-0.05, 0) is 51.4 Å². The quantitative estimate of drug-likeness (QED) is 0.0322. The standard InChI is InChI=1S/C55H103NO5/c1-4-7-10-13-16-18-20-22-24-26-28-30-32-34-36-39-42-45-48-55(60)61-51(46-43-40-37-15-12-9-6-3)49-54(59)56-52(50-57)53(58)47-44-41-38-35-33-31-29-27-25-23-21-19-17-14-11-8-5-2/h20,22,24,26,28,30,51-53,57-58H,4-19,21,23,25,27,29,31-50H2,1-3H3,(H,56,59)/b22-20+,26-24+,30-28+. The Labute approximate surface area is 379 Å². The molecule has 0 aromatic heterocycles. The van der Waals surface area contributed by atoms with Gasteiger partial charge in [0.2, 0.25) is 5.91 Å². The second kappa shape index (κ2) is 49.1. The summed E-state index contributed by atoms with van der Waals surface area (Å²) in [6.45, 7) is 6.45. The van der Waals surface area contributed by atoms with Crippen molar-refractivity contribution in [2.75, 3.05) is 6.61 Å². The lowest BCUT2D eigenvalue weighted by Gasteiger charge is -2.24. The van der Waals surface area contributed by atoms with Crippen molar-refractivity contribution in [3.63, 3.8) is 0 Å². The van der Waals surface area contributed by atoms with Gasteiger partial charge in [-0.3, -0.25) is 9.59 Å². The van der Waals surface area contributed by atoms with Crippen LogP contribution in [0.15, 0.2) is 36.5 Å². The highest BCUT2D eigenvalue weighted by molar-refractivity contribution is 5.77. The third kappa shape index (κ3) is 44.5. The molecule has 0 aliphatic heterocycles. The summed E-state index contributed by atoms with van der Waals surface area (Å²) in [5.74, 6) is -0.492. The molecule has 0 saturated heterocycles. The van der Waals surface area contributed by atoms with E-state index in [1.165, 1.54) is 161 Å². The Morgan fingerprint density at radius 2 is 0.836 bits per heavy atom. The van der Waals surface area contributed by atoms with Gasteiger partial charge >= 0.3 is 5.97 Å². The zero-order valence-corrected chi connectivity index (χ0v) is 40.8. The van der Waals surface area contributed by atoms with Gasteiger partial charge in [0.25, 0.3) is 0 Å². The molecule has 3 unspecified atom stereocenters. The molecule has 1 amide bonds. The number of rotatable bonds is 48. The van der Waals surface area contributed by atoms with Gasteiger partial charge in [-0.15, -0.1) is 0 Å². The van der Waals surface area contributed by atoms with Crippen molar-refractivity contribution < 1.29 is 24.5 Å². The molecule has 358 valence electrons. The fraction of sp³-hybridized carbons (Fsp3) is 0.855. The maximum atomic E-state index is 13.1. The summed E-state index contributed by atoms with van der Waals surface area (Å²) >= 11 is 0. The monoisotopic (exact) mass is 858 g/mol. The van der Waals surface area contributed by atoms with Crippen molar-refractivity contribution in [1.29, 1.82) is 0 Å². The van der Waals surface area contributed by atoms with Crippen molar-refractivity contribution in [2.24, 2.45) is 0 Å². The number of amides is 1. The first-order valence-corrected chi connectivity index (χ1v) is 26.7. The Balaban J connectivity index is 4.35. The van der Waals surface area contributed by atoms with Gasteiger partial charge in [0.15, 0.2) is 0 Å². The topological polar surface area (TPSA) is 95.9 Å². The van der Waals surface area contributed by atoms with E-state index in [4.69, 9.17) is 4.74 Å². The van der Waals surface area contributed by atoms with Crippen molar-refractivity contribution >= 4 is 11.9 Å². The smallest absolute Gasteiger partial charge is 0.306 e. The molecule has 0 aliphatic carbocycles. The van der Waals surface area contributed by atoms with Crippen LogP contribution < -0.4 is 5.32 Å². The van der Waals surface area contributed by atoms with Crippen LogP contribution in [0, 0.1) is 0 Å².